The SMILES string of the molecule is COCc1cn2cccc(C(=O)O)c2n1. The fourth-order valence-corrected chi connectivity index (χ4v) is 1.45. The summed E-state index contributed by atoms with van der Waals surface area (Å²) >= 11 is 0. The molecule has 0 atom stereocenters. The van der Waals surface area contributed by atoms with Crippen LogP contribution in [0.25, 0.3) is 5.65 Å². The molecule has 0 aliphatic heterocycles. The summed E-state index contributed by atoms with van der Waals surface area (Å²) in [6, 6.07) is 3.20. The molecule has 5 nitrogen and oxygen atoms in total. The molecule has 0 aliphatic carbocycles. The highest BCUT2D eigenvalue weighted by molar-refractivity contribution is 5.94. The molecular weight excluding hydrogens is 196 g/mol. The zero-order chi connectivity index (χ0) is 10.8. The topological polar surface area (TPSA) is 63.8 Å². The van der Waals surface area contributed by atoms with Crippen molar-refractivity contribution in [1.29, 1.82) is 0 Å². The Hall–Kier alpha value is -1.88. The van der Waals surface area contributed by atoms with Crippen molar-refractivity contribution in [3.8, 4) is 0 Å². The van der Waals surface area contributed by atoms with Gasteiger partial charge in [-0.25, -0.2) is 9.78 Å². The summed E-state index contributed by atoms with van der Waals surface area (Å²) in [4.78, 5) is 15.1. The van der Waals surface area contributed by atoms with Gasteiger partial charge in [0.15, 0.2) is 5.65 Å². The number of rotatable bonds is 3. The Bertz CT molecular complexity index is 504. The fraction of sp³-hybridized carbons (Fsp3) is 0.200. The highest BCUT2D eigenvalue weighted by Gasteiger charge is 2.11. The first-order valence-corrected chi connectivity index (χ1v) is 4.41. The van der Waals surface area contributed by atoms with Crippen molar-refractivity contribution in [2.24, 2.45) is 0 Å². The minimum atomic E-state index is -0.977. The minimum Gasteiger partial charge on any atom is -0.478 e. The lowest BCUT2D eigenvalue weighted by Gasteiger charge is -1.96. The Morgan fingerprint density at radius 2 is 2.47 bits per heavy atom. The van der Waals surface area contributed by atoms with Gasteiger partial charge in [-0.1, -0.05) is 0 Å². The summed E-state index contributed by atoms with van der Waals surface area (Å²) in [6.07, 6.45) is 3.51. The maximum atomic E-state index is 10.9. The summed E-state index contributed by atoms with van der Waals surface area (Å²) in [6.45, 7) is 0.376. The molecule has 2 heterocycles. The van der Waals surface area contributed by atoms with Crippen LogP contribution in [0.4, 0.5) is 0 Å². The molecule has 5 heteroatoms. The van der Waals surface area contributed by atoms with E-state index in [9.17, 15) is 4.79 Å². The first kappa shape index (κ1) is 9.67. The second kappa shape index (κ2) is 3.70. The number of fused-ring (bicyclic) bond motifs is 1. The highest BCUT2D eigenvalue weighted by atomic mass is 16.5. The first-order chi connectivity index (χ1) is 7.22. The zero-order valence-electron chi connectivity index (χ0n) is 8.17. The number of hydrogen-bond donors (Lipinski definition) is 1. The largest absolute Gasteiger partial charge is 0.478 e. The van der Waals surface area contributed by atoms with Gasteiger partial charge in [-0.15, -0.1) is 0 Å². The van der Waals surface area contributed by atoms with Gasteiger partial charge in [0.25, 0.3) is 0 Å². The van der Waals surface area contributed by atoms with E-state index in [0.717, 1.165) is 0 Å². The van der Waals surface area contributed by atoms with E-state index in [1.165, 1.54) is 6.07 Å². The summed E-state index contributed by atoms with van der Waals surface area (Å²) in [5, 5.41) is 8.94. The molecule has 0 unspecified atom stereocenters. The van der Waals surface area contributed by atoms with Gasteiger partial charge in [0.2, 0.25) is 0 Å². The van der Waals surface area contributed by atoms with Gasteiger partial charge in [-0.3, -0.25) is 0 Å². The van der Waals surface area contributed by atoms with Crippen molar-refractivity contribution < 1.29 is 14.6 Å². The summed E-state index contributed by atoms with van der Waals surface area (Å²) in [5.41, 5.74) is 1.35. The predicted molar refractivity (Wildman–Crippen MR) is 52.9 cm³/mol. The lowest BCUT2D eigenvalue weighted by molar-refractivity contribution is 0.0698. The molecule has 15 heavy (non-hydrogen) atoms. The van der Waals surface area contributed by atoms with Gasteiger partial charge < -0.3 is 14.2 Å². The minimum absolute atomic E-state index is 0.194. The van der Waals surface area contributed by atoms with Crippen molar-refractivity contribution in [3.05, 3.63) is 35.8 Å². The Morgan fingerprint density at radius 1 is 1.67 bits per heavy atom. The van der Waals surface area contributed by atoms with E-state index in [1.54, 1.807) is 30.0 Å². The molecule has 0 radical (unpaired) electrons. The van der Waals surface area contributed by atoms with Crippen LogP contribution in [0, 0.1) is 0 Å². The van der Waals surface area contributed by atoms with Crippen LogP contribution in [-0.4, -0.2) is 27.6 Å². The van der Waals surface area contributed by atoms with Crippen LogP contribution in [0.15, 0.2) is 24.5 Å². The lowest BCUT2D eigenvalue weighted by Crippen LogP contribution is -1.99. The molecule has 0 spiro atoms. The van der Waals surface area contributed by atoms with Crippen molar-refractivity contribution >= 4 is 11.6 Å². The molecule has 1 N–H and O–H groups in total. The van der Waals surface area contributed by atoms with E-state index in [-0.39, 0.29) is 5.56 Å². The van der Waals surface area contributed by atoms with Crippen LogP contribution in [0.1, 0.15) is 16.1 Å². The number of hydrogen-bond acceptors (Lipinski definition) is 3. The third kappa shape index (κ3) is 1.69. The van der Waals surface area contributed by atoms with E-state index in [2.05, 4.69) is 4.98 Å². The second-order valence-corrected chi connectivity index (χ2v) is 3.12. The number of pyridine rings is 1. The van der Waals surface area contributed by atoms with Crippen molar-refractivity contribution in [2.75, 3.05) is 7.11 Å². The van der Waals surface area contributed by atoms with E-state index < -0.39 is 5.97 Å². The quantitative estimate of drug-likeness (QED) is 0.818. The average Bonchev–Trinajstić information content (AvgIpc) is 2.59. The van der Waals surface area contributed by atoms with Gasteiger partial charge in [0.05, 0.1) is 12.3 Å². The molecule has 0 amide bonds. The predicted octanol–water partition coefficient (Wildman–Crippen LogP) is 1.18. The third-order valence-corrected chi connectivity index (χ3v) is 2.06. The summed E-state index contributed by atoms with van der Waals surface area (Å²) in [7, 11) is 1.57. The number of nitrogens with zero attached hydrogens (tertiary/aromatic N) is 2. The molecule has 2 aromatic heterocycles. The second-order valence-electron chi connectivity index (χ2n) is 3.12. The van der Waals surface area contributed by atoms with Crippen LogP contribution < -0.4 is 0 Å². The Balaban J connectivity index is 2.59. The van der Waals surface area contributed by atoms with Crippen LogP contribution in [0.3, 0.4) is 0 Å². The Kier molecular flexibility index (Phi) is 2.39. The number of aromatic nitrogens is 2. The lowest BCUT2D eigenvalue weighted by atomic mass is 10.3. The number of ether oxygens (including phenoxy) is 1. The van der Waals surface area contributed by atoms with Gasteiger partial charge in [-0.2, -0.15) is 0 Å². The van der Waals surface area contributed by atoms with E-state index in [4.69, 9.17) is 9.84 Å². The van der Waals surface area contributed by atoms with Crippen molar-refractivity contribution in [2.45, 2.75) is 6.61 Å². The monoisotopic (exact) mass is 206 g/mol. The Labute approximate surface area is 85.9 Å². The van der Waals surface area contributed by atoms with Gasteiger partial charge >= 0.3 is 5.97 Å². The summed E-state index contributed by atoms with van der Waals surface area (Å²) < 4.78 is 6.61. The first-order valence-electron chi connectivity index (χ1n) is 4.41. The normalized spacial score (nSPS) is 10.7. The molecule has 78 valence electrons. The van der Waals surface area contributed by atoms with Crippen LogP contribution in [0.2, 0.25) is 0 Å². The number of carboxylic acid groups (broad SMARTS) is 1. The maximum Gasteiger partial charge on any atom is 0.339 e. The van der Waals surface area contributed by atoms with E-state index in [0.29, 0.717) is 17.9 Å². The molecule has 0 saturated heterocycles. The summed E-state index contributed by atoms with van der Waals surface area (Å²) in [5.74, 6) is -0.977. The standard InChI is InChI=1S/C10H10N2O3/c1-15-6-7-5-12-4-2-3-8(10(13)14)9(12)11-7/h2-5H,6H2,1H3,(H,13,14). The molecule has 0 aliphatic rings. The molecular formula is C10H10N2O3. The van der Waals surface area contributed by atoms with Crippen LogP contribution in [0.5, 0.6) is 0 Å². The van der Waals surface area contributed by atoms with Crippen molar-refractivity contribution in [3.63, 3.8) is 0 Å². The van der Waals surface area contributed by atoms with Crippen LogP contribution in [-0.2, 0) is 11.3 Å². The Morgan fingerprint density at radius 3 is 3.13 bits per heavy atom. The van der Waals surface area contributed by atoms with Crippen LogP contribution >= 0.6 is 0 Å². The number of carboxylic acids is 1. The maximum absolute atomic E-state index is 10.9. The number of carbonyl (C=O) groups is 1. The number of aromatic carboxylic acids is 1. The zero-order valence-corrected chi connectivity index (χ0v) is 8.17. The molecule has 0 bridgehead atoms. The van der Waals surface area contributed by atoms with Gasteiger partial charge in [0.1, 0.15) is 5.56 Å². The highest BCUT2D eigenvalue weighted by Crippen LogP contribution is 2.11. The van der Waals surface area contributed by atoms with Crippen molar-refractivity contribution in [1.82, 2.24) is 9.38 Å². The van der Waals surface area contributed by atoms with Gasteiger partial charge in [-0.05, 0) is 12.1 Å². The van der Waals surface area contributed by atoms with Gasteiger partial charge in [0, 0.05) is 19.5 Å². The third-order valence-electron chi connectivity index (χ3n) is 2.06. The number of imidazole rings is 1. The van der Waals surface area contributed by atoms with E-state index >= 15 is 0 Å². The molecule has 0 fully saturated rings. The molecule has 0 saturated carbocycles. The molecule has 0 aromatic carbocycles. The number of methoxy groups -OCH3 is 1. The fourth-order valence-electron chi connectivity index (χ4n) is 1.45. The average molecular weight is 206 g/mol. The molecule has 2 aromatic rings. The van der Waals surface area contributed by atoms with E-state index in [1.807, 2.05) is 0 Å². The molecule has 2 rings (SSSR count). The smallest absolute Gasteiger partial charge is 0.339 e.